The molecule has 1 aromatic carbocycles. The van der Waals surface area contributed by atoms with Crippen molar-refractivity contribution in [3.05, 3.63) is 24.3 Å². The van der Waals surface area contributed by atoms with E-state index in [1.807, 2.05) is 0 Å². The van der Waals surface area contributed by atoms with Gasteiger partial charge in [0.1, 0.15) is 0 Å². The van der Waals surface area contributed by atoms with Gasteiger partial charge in [0.25, 0.3) is 0 Å². The largest absolute Gasteiger partial charge is 0.335 e. The molecule has 1 saturated carbocycles. The van der Waals surface area contributed by atoms with Crippen LogP contribution < -0.4 is 15.4 Å². The molecule has 23 heavy (non-hydrogen) atoms. The molecule has 1 fully saturated rings. The normalized spacial score (nSPS) is 21.5. The minimum atomic E-state index is -3.28. The van der Waals surface area contributed by atoms with E-state index in [4.69, 9.17) is 0 Å². The standard InChI is InChI=1S/C16H25N3O3S/c1-3-23(21,22)19-14-10-8-13(9-11-14)17-16(20)18-15-7-5-4-6-12(15)2/h8-12,15,19H,3-7H2,1-2H3,(H2,17,18,20). The molecule has 0 aromatic heterocycles. The molecule has 0 radical (unpaired) electrons. The van der Waals surface area contributed by atoms with Crippen molar-refractivity contribution in [3.8, 4) is 0 Å². The fourth-order valence-electron chi connectivity index (χ4n) is 2.74. The van der Waals surface area contributed by atoms with E-state index in [-0.39, 0.29) is 17.8 Å². The van der Waals surface area contributed by atoms with Crippen LogP contribution >= 0.6 is 0 Å². The maximum atomic E-state index is 12.1. The van der Waals surface area contributed by atoms with Gasteiger partial charge in [0.15, 0.2) is 0 Å². The summed E-state index contributed by atoms with van der Waals surface area (Å²) >= 11 is 0. The average Bonchev–Trinajstić information content (AvgIpc) is 2.51. The molecule has 2 atom stereocenters. The zero-order valence-corrected chi connectivity index (χ0v) is 14.4. The Morgan fingerprint density at radius 1 is 1.13 bits per heavy atom. The molecule has 0 saturated heterocycles. The van der Waals surface area contributed by atoms with Crippen LogP contribution in [0.15, 0.2) is 24.3 Å². The van der Waals surface area contributed by atoms with Gasteiger partial charge in [0.05, 0.1) is 5.75 Å². The van der Waals surface area contributed by atoms with Crippen molar-refractivity contribution < 1.29 is 13.2 Å². The Bertz CT molecular complexity index is 628. The number of hydrogen-bond acceptors (Lipinski definition) is 3. The zero-order chi connectivity index (χ0) is 16.9. The summed E-state index contributed by atoms with van der Waals surface area (Å²) in [6.07, 6.45) is 4.56. The van der Waals surface area contributed by atoms with Gasteiger partial charge in [0.2, 0.25) is 10.0 Å². The van der Waals surface area contributed by atoms with Crippen LogP contribution in [0, 0.1) is 5.92 Å². The van der Waals surface area contributed by atoms with Gasteiger partial charge in [-0.1, -0.05) is 19.8 Å². The van der Waals surface area contributed by atoms with Crippen molar-refractivity contribution in [2.24, 2.45) is 5.92 Å². The third-order valence-corrected chi connectivity index (χ3v) is 5.53. The van der Waals surface area contributed by atoms with E-state index in [0.29, 0.717) is 17.3 Å². The first-order chi connectivity index (χ1) is 10.9. The van der Waals surface area contributed by atoms with Crippen LogP contribution in [0.1, 0.15) is 39.5 Å². The lowest BCUT2D eigenvalue weighted by atomic mass is 9.86. The first-order valence-corrected chi connectivity index (χ1v) is 9.73. The number of carbonyl (C=O) groups is 1. The zero-order valence-electron chi connectivity index (χ0n) is 13.6. The first kappa shape index (κ1) is 17.6. The van der Waals surface area contributed by atoms with Crippen LogP contribution in [-0.4, -0.2) is 26.2 Å². The molecule has 0 heterocycles. The monoisotopic (exact) mass is 339 g/mol. The summed E-state index contributed by atoms with van der Waals surface area (Å²) in [6, 6.07) is 6.62. The maximum Gasteiger partial charge on any atom is 0.319 e. The molecule has 2 rings (SSSR count). The number of carbonyl (C=O) groups excluding carboxylic acids is 1. The number of urea groups is 1. The Hall–Kier alpha value is -1.76. The quantitative estimate of drug-likeness (QED) is 0.770. The third-order valence-electron chi connectivity index (χ3n) is 4.22. The third kappa shape index (κ3) is 5.42. The molecular weight excluding hydrogens is 314 g/mol. The number of hydrogen-bond donors (Lipinski definition) is 3. The second-order valence-electron chi connectivity index (χ2n) is 6.05. The molecule has 1 aromatic rings. The molecule has 1 aliphatic rings. The van der Waals surface area contributed by atoms with E-state index in [1.165, 1.54) is 6.42 Å². The summed E-state index contributed by atoms with van der Waals surface area (Å²) < 4.78 is 25.4. The number of sulfonamides is 1. The summed E-state index contributed by atoms with van der Waals surface area (Å²) in [4.78, 5) is 12.1. The first-order valence-electron chi connectivity index (χ1n) is 8.07. The van der Waals surface area contributed by atoms with E-state index < -0.39 is 10.0 Å². The van der Waals surface area contributed by atoms with Crippen LogP contribution in [0.25, 0.3) is 0 Å². The van der Waals surface area contributed by atoms with Gasteiger partial charge in [-0.05, 0) is 49.9 Å². The topological polar surface area (TPSA) is 87.3 Å². The second-order valence-corrected chi connectivity index (χ2v) is 8.06. The Morgan fingerprint density at radius 3 is 2.35 bits per heavy atom. The molecule has 7 heteroatoms. The van der Waals surface area contributed by atoms with Gasteiger partial charge >= 0.3 is 6.03 Å². The van der Waals surface area contributed by atoms with E-state index in [2.05, 4.69) is 22.3 Å². The van der Waals surface area contributed by atoms with E-state index >= 15 is 0 Å². The summed E-state index contributed by atoms with van der Waals surface area (Å²) in [5.74, 6) is 0.523. The van der Waals surface area contributed by atoms with Crippen molar-refractivity contribution in [2.75, 3.05) is 15.8 Å². The average molecular weight is 339 g/mol. The molecule has 0 spiro atoms. The van der Waals surface area contributed by atoms with E-state index in [9.17, 15) is 13.2 Å². The van der Waals surface area contributed by atoms with Crippen molar-refractivity contribution in [2.45, 2.75) is 45.6 Å². The van der Waals surface area contributed by atoms with E-state index in [0.717, 1.165) is 19.3 Å². The minimum absolute atomic E-state index is 0.0228. The van der Waals surface area contributed by atoms with Gasteiger partial charge in [-0.25, -0.2) is 13.2 Å². The fraction of sp³-hybridized carbons (Fsp3) is 0.562. The summed E-state index contributed by atoms with van der Waals surface area (Å²) in [5.41, 5.74) is 1.11. The lowest BCUT2D eigenvalue weighted by Crippen LogP contribution is -2.43. The lowest BCUT2D eigenvalue weighted by Gasteiger charge is -2.29. The predicted molar refractivity (Wildman–Crippen MR) is 93.1 cm³/mol. The van der Waals surface area contributed by atoms with Crippen LogP contribution in [0.4, 0.5) is 16.2 Å². The maximum absolute atomic E-state index is 12.1. The van der Waals surface area contributed by atoms with Crippen molar-refractivity contribution in [3.63, 3.8) is 0 Å². The molecule has 1 aliphatic carbocycles. The molecule has 0 bridgehead atoms. The SMILES string of the molecule is CCS(=O)(=O)Nc1ccc(NC(=O)NC2CCCCC2C)cc1. The molecule has 2 amide bonds. The highest BCUT2D eigenvalue weighted by atomic mass is 32.2. The van der Waals surface area contributed by atoms with E-state index in [1.54, 1.807) is 31.2 Å². The highest BCUT2D eigenvalue weighted by molar-refractivity contribution is 7.92. The molecule has 2 unspecified atom stereocenters. The molecule has 3 N–H and O–H groups in total. The Balaban J connectivity index is 1.89. The molecule has 128 valence electrons. The molecule has 0 aliphatic heterocycles. The number of benzene rings is 1. The Labute approximate surface area is 138 Å². The second kappa shape index (κ2) is 7.68. The summed E-state index contributed by atoms with van der Waals surface area (Å²) in [6.45, 7) is 3.74. The van der Waals surface area contributed by atoms with Crippen LogP contribution in [0.5, 0.6) is 0 Å². The van der Waals surface area contributed by atoms with Crippen LogP contribution in [0.3, 0.4) is 0 Å². The number of amides is 2. The Morgan fingerprint density at radius 2 is 1.74 bits per heavy atom. The van der Waals surface area contributed by atoms with Crippen LogP contribution in [0.2, 0.25) is 0 Å². The van der Waals surface area contributed by atoms with Crippen molar-refractivity contribution in [1.29, 1.82) is 0 Å². The van der Waals surface area contributed by atoms with Gasteiger partial charge in [-0.15, -0.1) is 0 Å². The van der Waals surface area contributed by atoms with Crippen molar-refractivity contribution in [1.82, 2.24) is 5.32 Å². The minimum Gasteiger partial charge on any atom is -0.335 e. The lowest BCUT2D eigenvalue weighted by molar-refractivity contribution is 0.232. The fourth-order valence-corrected chi connectivity index (χ4v) is 3.38. The van der Waals surface area contributed by atoms with Crippen LogP contribution in [-0.2, 0) is 10.0 Å². The van der Waals surface area contributed by atoms with Crippen molar-refractivity contribution >= 4 is 27.4 Å². The summed E-state index contributed by atoms with van der Waals surface area (Å²) in [5, 5.41) is 5.80. The molecule has 6 nitrogen and oxygen atoms in total. The smallest absolute Gasteiger partial charge is 0.319 e. The van der Waals surface area contributed by atoms with Gasteiger partial charge in [-0.3, -0.25) is 4.72 Å². The number of rotatable bonds is 5. The molecular formula is C16H25N3O3S. The highest BCUT2D eigenvalue weighted by Crippen LogP contribution is 2.23. The highest BCUT2D eigenvalue weighted by Gasteiger charge is 2.22. The number of anilines is 2. The van der Waals surface area contributed by atoms with Gasteiger partial charge in [0, 0.05) is 17.4 Å². The van der Waals surface area contributed by atoms with Gasteiger partial charge in [-0.2, -0.15) is 0 Å². The Kier molecular flexibility index (Phi) is 5.87. The predicted octanol–water partition coefficient (Wildman–Crippen LogP) is 3.15. The van der Waals surface area contributed by atoms with Gasteiger partial charge < -0.3 is 10.6 Å². The number of nitrogens with one attached hydrogen (secondary N) is 3. The summed E-state index contributed by atoms with van der Waals surface area (Å²) in [7, 11) is -3.28.